The molecule has 0 bridgehead atoms. The third-order valence-electron chi connectivity index (χ3n) is 3.39. The molecular weight excluding hydrogens is 163 g/mol. The SMILES string of the molecule is C1CC[CH]([Al]2[CH2]CCC[O]2)CC1. The van der Waals surface area contributed by atoms with Gasteiger partial charge in [0, 0.05) is 6.61 Å². The van der Waals surface area contributed by atoms with Gasteiger partial charge in [0.15, 0.2) is 0 Å². The topological polar surface area (TPSA) is 9.23 Å². The molecule has 0 radical (unpaired) electrons. The summed E-state index contributed by atoms with van der Waals surface area (Å²) in [6, 6.07) is 0. The standard InChI is InChI=1S/C6H11.C4H8O.Al/c1-2-4-6-5-3-1;1-2-3-4-5;/h1H,2-6H2;1-4H2;/q;-1;+1. The molecule has 0 amide bonds. The van der Waals surface area contributed by atoms with E-state index in [1.807, 2.05) is 0 Å². The van der Waals surface area contributed by atoms with Gasteiger partial charge in [-0.2, -0.15) is 0 Å². The number of hydrogen-bond donors (Lipinski definition) is 0. The Morgan fingerprint density at radius 3 is 2.42 bits per heavy atom. The van der Waals surface area contributed by atoms with Crippen LogP contribution in [0.1, 0.15) is 44.9 Å². The quantitative estimate of drug-likeness (QED) is 0.566. The minimum Gasteiger partial charge on any atom is -0.500 e. The molecule has 2 fully saturated rings. The first-order valence-corrected chi connectivity index (χ1v) is 7.54. The van der Waals surface area contributed by atoms with Crippen molar-refractivity contribution in [1.82, 2.24) is 0 Å². The molecule has 0 aromatic rings. The second kappa shape index (κ2) is 4.65. The second-order valence-corrected chi connectivity index (χ2v) is 7.23. The third kappa shape index (κ3) is 2.25. The summed E-state index contributed by atoms with van der Waals surface area (Å²) in [4.78, 5) is 0. The fourth-order valence-corrected chi connectivity index (χ4v) is 5.93. The highest BCUT2D eigenvalue weighted by Gasteiger charge is 2.33. The maximum atomic E-state index is 5.96. The molecule has 0 unspecified atom stereocenters. The molecule has 1 saturated carbocycles. The van der Waals surface area contributed by atoms with Crippen molar-refractivity contribution in [3.05, 3.63) is 0 Å². The second-order valence-electron chi connectivity index (χ2n) is 4.30. The van der Waals surface area contributed by atoms with E-state index in [0.29, 0.717) is 0 Å². The fraction of sp³-hybridized carbons (Fsp3) is 1.00. The molecular formula is C10H19AlO. The van der Waals surface area contributed by atoms with Gasteiger partial charge in [-0.15, -0.1) is 0 Å². The number of rotatable bonds is 1. The lowest BCUT2D eigenvalue weighted by Crippen LogP contribution is -2.30. The Morgan fingerprint density at radius 2 is 1.75 bits per heavy atom. The lowest BCUT2D eigenvalue weighted by Gasteiger charge is -2.28. The molecule has 12 heavy (non-hydrogen) atoms. The molecule has 1 aliphatic heterocycles. The molecule has 2 heteroatoms. The minimum absolute atomic E-state index is 0.708. The van der Waals surface area contributed by atoms with Crippen LogP contribution in [0, 0.1) is 0 Å². The van der Waals surface area contributed by atoms with Gasteiger partial charge in [-0.3, -0.25) is 0 Å². The number of hydrogen-bond acceptors (Lipinski definition) is 1. The van der Waals surface area contributed by atoms with Gasteiger partial charge < -0.3 is 3.79 Å². The maximum Gasteiger partial charge on any atom is 0.464 e. The zero-order valence-electron chi connectivity index (χ0n) is 7.93. The van der Waals surface area contributed by atoms with Gasteiger partial charge in [-0.25, -0.2) is 0 Å². The first kappa shape index (κ1) is 9.06. The van der Waals surface area contributed by atoms with Crippen LogP contribution in [0.4, 0.5) is 0 Å². The van der Waals surface area contributed by atoms with E-state index >= 15 is 0 Å². The largest absolute Gasteiger partial charge is 0.500 e. The van der Waals surface area contributed by atoms with Gasteiger partial charge >= 0.3 is 14.5 Å². The van der Waals surface area contributed by atoms with Gasteiger partial charge in [0.25, 0.3) is 0 Å². The van der Waals surface area contributed by atoms with E-state index in [0.717, 1.165) is 11.4 Å². The zero-order chi connectivity index (χ0) is 8.23. The Labute approximate surface area is 80.2 Å². The van der Waals surface area contributed by atoms with Crippen molar-refractivity contribution in [1.29, 1.82) is 0 Å². The van der Waals surface area contributed by atoms with Crippen LogP contribution in [0.3, 0.4) is 0 Å². The van der Waals surface area contributed by atoms with Crippen LogP contribution >= 0.6 is 0 Å². The first-order chi connectivity index (χ1) is 5.97. The zero-order valence-corrected chi connectivity index (χ0v) is 9.08. The van der Waals surface area contributed by atoms with Gasteiger partial charge in [-0.1, -0.05) is 48.6 Å². The van der Waals surface area contributed by atoms with Crippen molar-refractivity contribution in [2.75, 3.05) is 6.61 Å². The molecule has 2 aliphatic rings. The lowest BCUT2D eigenvalue weighted by molar-refractivity contribution is 0.270. The summed E-state index contributed by atoms with van der Waals surface area (Å²) in [5.74, 6) is 0. The molecule has 0 aromatic heterocycles. The Balaban J connectivity index is 1.80. The Morgan fingerprint density at radius 1 is 0.917 bits per heavy atom. The van der Waals surface area contributed by atoms with E-state index < -0.39 is 14.5 Å². The molecule has 1 heterocycles. The Hall–Kier alpha value is 0.492. The van der Waals surface area contributed by atoms with Crippen LogP contribution in [0.2, 0.25) is 10.1 Å². The molecule has 0 spiro atoms. The van der Waals surface area contributed by atoms with E-state index in [4.69, 9.17) is 3.79 Å². The molecule has 2 rings (SSSR count). The predicted octanol–water partition coefficient (Wildman–Crippen LogP) is 3.12. The first-order valence-electron chi connectivity index (χ1n) is 5.58. The molecule has 0 atom stereocenters. The monoisotopic (exact) mass is 182 g/mol. The van der Waals surface area contributed by atoms with Gasteiger partial charge in [-0.05, 0) is 6.42 Å². The normalized spacial score (nSPS) is 27.5. The van der Waals surface area contributed by atoms with E-state index in [9.17, 15) is 0 Å². The van der Waals surface area contributed by atoms with Crippen molar-refractivity contribution in [3.8, 4) is 0 Å². The molecule has 1 aliphatic carbocycles. The van der Waals surface area contributed by atoms with E-state index in [1.54, 1.807) is 0 Å². The van der Waals surface area contributed by atoms with Crippen LogP contribution in [0.5, 0.6) is 0 Å². The summed E-state index contributed by atoms with van der Waals surface area (Å²) in [7, 11) is 0. The summed E-state index contributed by atoms with van der Waals surface area (Å²) in [5, 5.41) is 1.48. The minimum atomic E-state index is -0.708. The summed E-state index contributed by atoms with van der Waals surface area (Å²) in [6.07, 6.45) is 10.2. The molecule has 1 nitrogen and oxygen atoms in total. The van der Waals surface area contributed by atoms with E-state index in [2.05, 4.69) is 0 Å². The third-order valence-corrected chi connectivity index (χ3v) is 6.75. The van der Waals surface area contributed by atoms with Crippen LogP contribution in [-0.2, 0) is 3.79 Å². The van der Waals surface area contributed by atoms with Crippen LogP contribution in [0.15, 0.2) is 0 Å². The summed E-state index contributed by atoms with van der Waals surface area (Å²) in [5.41, 5.74) is 0. The van der Waals surface area contributed by atoms with Gasteiger partial charge in [0.05, 0.1) is 0 Å². The summed E-state index contributed by atoms with van der Waals surface area (Å²) >= 11 is -0.708. The Kier molecular flexibility index (Phi) is 3.51. The van der Waals surface area contributed by atoms with Gasteiger partial charge in [0.2, 0.25) is 0 Å². The van der Waals surface area contributed by atoms with Crippen molar-refractivity contribution < 1.29 is 3.79 Å². The van der Waals surface area contributed by atoms with Crippen molar-refractivity contribution >= 4 is 14.5 Å². The summed E-state index contributed by atoms with van der Waals surface area (Å²) < 4.78 is 7.01. The molecule has 0 N–H and O–H groups in total. The maximum absolute atomic E-state index is 5.96. The smallest absolute Gasteiger partial charge is 0.464 e. The molecule has 1 saturated heterocycles. The average molecular weight is 182 g/mol. The summed E-state index contributed by atoms with van der Waals surface area (Å²) in [6.45, 7) is 1.09. The lowest BCUT2D eigenvalue weighted by atomic mass is 10.0. The van der Waals surface area contributed by atoms with Crippen LogP contribution in [-0.4, -0.2) is 21.1 Å². The van der Waals surface area contributed by atoms with Crippen LogP contribution < -0.4 is 0 Å². The van der Waals surface area contributed by atoms with Crippen molar-refractivity contribution in [2.45, 2.75) is 55.0 Å². The highest BCUT2D eigenvalue weighted by molar-refractivity contribution is 6.53. The average Bonchev–Trinajstić information content (AvgIpc) is 2.21. The van der Waals surface area contributed by atoms with E-state index in [1.165, 1.54) is 50.2 Å². The fourth-order valence-electron chi connectivity index (χ4n) is 2.64. The van der Waals surface area contributed by atoms with Crippen molar-refractivity contribution in [3.63, 3.8) is 0 Å². The molecule has 68 valence electrons. The highest BCUT2D eigenvalue weighted by Crippen LogP contribution is 2.34. The highest BCUT2D eigenvalue weighted by atomic mass is 27.2. The van der Waals surface area contributed by atoms with E-state index in [-0.39, 0.29) is 0 Å². The molecule has 0 aromatic carbocycles. The Bertz CT molecular complexity index is 110. The van der Waals surface area contributed by atoms with Crippen LogP contribution in [0.25, 0.3) is 0 Å². The van der Waals surface area contributed by atoms with Crippen molar-refractivity contribution in [2.24, 2.45) is 0 Å². The van der Waals surface area contributed by atoms with Gasteiger partial charge in [0.1, 0.15) is 0 Å². The predicted molar refractivity (Wildman–Crippen MR) is 52.6 cm³/mol.